The summed E-state index contributed by atoms with van der Waals surface area (Å²) < 4.78 is 2.39. The first-order valence-electron chi connectivity index (χ1n) is 12.9. The van der Waals surface area contributed by atoms with Crippen LogP contribution in [-0.2, 0) is 0 Å². The van der Waals surface area contributed by atoms with E-state index in [1.165, 1.54) is 32.9 Å². The molecule has 0 unspecified atom stereocenters. The summed E-state index contributed by atoms with van der Waals surface area (Å²) in [5.41, 5.74) is 17.8. The molecule has 0 atom stereocenters. The van der Waals surface area contributed by atoms with E-state index in [1.807, 2.05) is 12.1 Å². The molecule has 2 N–H and O–H groups in total. The average Bonchev–Trinajstić information content (AvgIpc) is 3.32. The minimum atomic E-state index is 0.758. The van der Waals surface area contributed by atoms with Crippen LogP contribution in [0.2, 0.25) is 0 Å². The van der Waals surface area contributed by atoms with E-state index in [0.29, 0.717) is 0 Å². The molecule has 0 radical (unpaired) electrons. The van der Waals surface area contributed by atoms with Gasteiger partial charge in [0.25, 0.3) is 0 Å². The number of nitrogens with zero attached hydrogens (tertiary/aromatic N) is 1. The van der Waals surface area contributed by atoms with E-state index in [2.05, 4.69) is 138 Å². The summed E-state index contributed by atoms with van der Waals surface area (Å²) in [7, 11) is 0. The van der Waals surface area contributed by atoms with Gasteiger partial charge in [-0.25, -0.2) is 0 Å². The summed E-state index contributed by atoms with van der Waals surface area (Å²) in [6, 6.07) is 51.3. The fourth-order valence-corrected chi connectivity index (χ4v) is 5.62. The zero-order valence-electron chi connectivity index (χ0n) is 20.9. The molecule has 180 valence electrons. The molecule has 0 saturated heterocycles. The summed E-state index contributed by atoms with van der Waals surface area (Å²) in [5, 5.41) is 2.46. The van der Waals surface area contributed by atoms with Gasteiger partial charge in [-0.2, -0.15) is 0 Å². The maximum atomic E-state index is 6.83. The third-order valence-electron chi connectivity index (χ3n) is 7.38. The van der Waals surface area contributed by atoms with E-state index in [9.17, 15) is 0 Å². The van der Waals surface area contributed by atoms with Crippen molar-refractivity contribution < 1.29 is 0 Å². The second-order valence-electron chi connectivity index (χ2n) is 9.61. The highest BCUT2D eigenvalue weighted by Gasteiger charge is 2.21. The number of hydrogen-bond donors (Lipinski definition) is 1. The first-order valence-corrected chi connectivity index (χ1v) is 12.9. The van der Waals surface area contributed by atoms with Crippen LogP contribution >= 0.6 is 0 Å². The Morgan fingerprint density at radius 1 is 0.395 bits per heavy atom. The first kappa shape index (κ1) is 22.1. The topological polar surface area (TPSA) is 30.9 Å². The molecular weight excluding hydrogens is 460 g/mol. The molecule has 0 fully saturated rings. The summed E-state index contributed by atoms with van der Waals surface area (Å²) in [6.07, 6.45) is 0. The number of rotatable bonds is 4. The fourth-order valence-electron chi connectivity index (χ4n) is 5.62. The second kappa shape index (κ2) is 9.10. The van der Waals surface area contributed by atoms with Crippen molar-refractivity contribution in [2.75, 3.05) is 5.73 Å². The van der Waals surface area contributed by atoms with Crippen molar-refractivity contribution in [3.63, 3.8) is 0 Å². The third kappa shape index (κ3) is 3.58. The zero-order valence-corrected chi connectivity index (χ0v) is 20.9. The van der Waals surface area contributed by atoms with Crippen LogP contribution in [0.4, 0.5) is 5.69 Å². The summed E-state index contributed by atoms with van der Waals surface area (Å²) >= 11 is 0. The lowest BCUT2D eigenvalue weighted by atomic mass is 9.93. The van der Waals surface area contributed by atoms with E-state index in [1.54, 1.807) is 0 Å². The maximum Gasteiger partial charge on any atom is 0.0639 e. The van der Waals surface area contributed by atoms with Crippen LogP contribution in [0.15, 0.2) is 146 Å². The Labute approximate surface area is 222 Å². The molecule has 0 aliphatic carbocycles. The van der Waals surface area contributed by atoms with Crippen molar-refractivity contribution in [3.05, 3.63) is 146 Å². The van der Waals surface area contributed by atoms with E-state index in [4.69, 9.17) is 5.73 Å². The van der Waals surface area contributed by atoms with Crippen molar-refractivity contribution >= 4 is 27.5 Å². The van der Waals surface area contributed by atoms with Crippen molar-refractivity contribution in [1.29, 1.82) is 0 Å². The largest absolute Gasteiger partial charge is 0.398 e. The molecular formula is C36H26N2. The zero-order chi connectivity index (χ0) is 25.5. The maximum absolute atomic E-state index is 6.83. The van der Waals surface area contributed by atoms with E-state index in [-0.39, 0.29) is 0 Å². The molecule has 2 nitrogen and oxygen atoms in total. The molecule has 38 heavy (non-hydrogen) atoms. The first-order chi connectivity index (χ1) is 18.8. The normalized spacial score (nSPS) is 11.3. The van der Waals surface area contributed by atoms with Crippen LogP contribution < -0.4 is 5.73 Å². The quantitative estimate of drug-likeness (QED) is 0.247. The van der Waals surface area contributed by atoms with Gasteiger partial charge in [0, 0.05) is 27.6 Å². The van der Waals surface area contributed by atoms with Gasteiger partial charge in [0.2, 0.25) is 0 Å². The molecule has 0 spiro atoms. The minimum Gasteiger partial charge on any atom is -0.398 e. The third-order valence-corrected chi connectivity index (χ3v) is 7.38. The lowest BCUT2D eigenvalue weighted by Crippen LogP contribution is -2.03. The molecule has 0 amide bonds. The fraction of sp³-hybridized carbons (Fsp3) is 0. The number of benzene rings is 6. The van der Waals surface area contributed by atoms with Crippen molar-refractivity contribution in [1.82, 2.24) is 4.57 Å². The van der Waals surface area contributed by atoms with E-state index >= 15 is 0 Å². The smallest absolute Gasteiger partial charge is 0.0639 e. The molecule has 0 aliphatic rings. The highest BCUT2D eigenvalue weighted by molar-refractivity contribution is 6.11. The molecule has 6 aromatic carbocycles. The number of fused-ring (bicyclic) bond motifs is 3. The summed E-state index contributed by atoms with van der Waals surface area (Å²) in [5.74, 6) is 0. The van der Waals surface area contributed by atoms with Gasteiger partial charge in [0.05, 0.1) is 16.7 Å². The van der Waals surface area contributed by atoms with Crippen molar-refractivity contribution in [2.24, 2.45) is 0 Å². The molecule has 7 aromatic rings. The number of aromatic nitrogens is 1. The number of para-hydroxylation sites is 2. The van der Waals surface area contributed by atoms with Gasteiger partial charge in [-0.3, -0.25) is 0 Å². The standard InChI is InChI=1S/C36H26N2/c37-32-24-23-29(27-13-5-2-6-14-27)36(35(32)28-21-19-26(20-22-28)25-11-3-1-4-12-25)38-33-17-9-7-15-30(33)31-16-8-10-18-34(31)38/h1-24H,37H2. The Hall–Kier alpha value is -5.08. The predicted molar refractivity (Wildman–Crippen MR) is 162 cm³/mol. The van der Waals surface area contributed by atoms with Gasteiger partial charge in [0.15, 0.2) is 0 Å². The van der Waals surface area contributed by atoms with Gasteiger partial charge in [0.1, 0.15) is 0 Å². The molecule has 0 bridgehead atoms. The highest BCUT2D eigenvalue weighted by Crippen LogP contribution is 2.43. The van der Waals surface area contributed by atoms with Gasteiger partial charge < -0.3 is 10.3 Å². The van der Waals surface area contributed by atoms with Crippen LogP contribution in [0, 0.1) is 0 Å². The summed E-state index contributed by atoms with van der Waals surface area (Å²) in [6.45, 7) is 0. The second-order valence-corrected chi connectivity index (χ2v) is 9.61. The van der Waals surface area contributed by atoms with E-state index in [0.717, 1.165) is 33.6 Å². The van der Waals surface area contributed by atoms with Gasteiger partial charge in [-0.05, 0) is 40.5 Å². The Morgan fingerprint density at radius 3 is 1.47 bits per heavy atom. The van der Waals surface area contributed by atoms with Gasteiger partial charge in [-0.15, -0.1) is 0 Å². The van der Waals surface area contributed by atoms with Crippen LogP contribution in [-0.4, -0.2) is 4.57 Å². The number of nitrogens with two attached hydrogens (primary N) is 1. The highest BCUT2D eigenvalue weighted by atomic mass is 15.0. The number of anilines is 1. The molecule has 0 aliphatic heterocycles. The van der Waals surface area contributed by atoms with Crippen LogP contribution in [0.3, 0.4) is 0 Å². The Bertz CT molecular complexity index is 1840. The van der Waals surface area contributed by atoms with Gasteiger partial charge in [-0.1, -0.05) is 127 Å². The van der Waals surface area contributed by atoms with Crippen molar-refractivity contribution in [3.8, 4) is 39.1 Å². The van der Waals surface area contributed by atoms with E-state index < -0.39 is 0 Å². The molecule has 1 aromatic heterocycles. The minimum absolute atomic E-state index is 0.758. The van der Waals surface area contributed by atoms with Crippen LogP contribution in [0.5, 0.6) is 0 Å². The SMILES string of the molecule is Nc1ccc(-c2ccccc2)c(-n2c3ccccc3c3ccccc32)c1-c1ccc(-c2ccccc2)cc1. The Kier molecular flexibility index (Phi) is 5.30. The molecule has 1 heterocycles. The average molecular weight is 487 g/mol. The van der Waals surface area contributed by atoms with Crippen LogP contribution in [0.25, 0.3) is 60.9 Å². The molecule has 0 saturated carbocycles. The molecule has 2 heteroatoms. The monoisotopic (exact) mass is 486 g/mol. The number of nitrogen functional groups attached to an aromatic ring is 1. The predicted octanol–water partition coefficient (Wildman–Crippen LogP) is 9.37. The molecule has 7 rings (SSSR count). The van der Waals surface area contributed by atoms with Crippen LogP contribution in [0.1, 0.15) is 0 Å². The number of hydrogen-bond acceptors (Lipinski definition) is 1. The lowest BCUT2D eigenvalue weighted by Gasteiger charge is -2.21. The summed E-state index contributed by atoms with van der Waals surface area (Å²) in [4.78, 5) is 0. The lowest BCUT2D eigenvalue weighted by molar-refractivity contribution is 1.18. The van der Waals surface area contributed by atoms with Gasteiger partial charge >= 0.3 is 0 Å². The van der Waals surface area contributed by atoms with Crippen molar-refractivity contribution in [2.45, 2.75) is 0 Å². The Morgan fingerprint density at radius 2 is 0.868 bits per heavy atom. The Balaban J connectivity index is 1.57.